The lowest BCUT2D eigenvalue weighted by Gasteiger charge is -2.20. The number of methoxy groups -OCH3 is 2. The standard InChI is InChI=1S/C19H20N4O4S/c1-26-17-7-14-15(8-18(17)27-2)21-9-16-19(14)23(11-22-16)10-12-4-3-5-13(6-12)28(20,24)25/h3-9,22H,10-11H2,1-2H3,(H2,20,24,25). The minimum atomic E-state index is -3.75. The Bertz CT molecular complexity index is 1160. The van der Waals surface area contributed by atoms with Gasteiger partial charge in [0.2, 0.25) is 10.0 Å². The first kappa shape index (κ1) is 18.3. The Labute approximate surface area is 162 Å². The maximum absolute atomic E-state index is 11.6. The molecule has 2 heterocycles. The molecule has 1 aliphatic heterocycles. The Morgan fingerprint density at radius 3 is 2.64 bits per heavy atom. The summed E-state index contributed by atoms with van der Waals surface area (Å²) in [6, 6.07) is 10.4. The van der Waals surface area contributed by atoms with Crippen molar-refractivity contribution in [1.29, 1.82) is 0 Å². The molecule has 1 aromatic heterocycles. The van der Waals surface area contributed by atoms with E-state index in [0.717, 1.165) is 27.8 Å². The van der Waals surface area contributed by atoms with Gasteiger partial charge in [0.1, 0.15) is 0 Å². The van der Waals surface area contributed by atoms with Gasteiger partial charge in [-0.05, 0) is 23.8 Å². The molecule has 0 radical (unpaired) electrons. The molecule has 1 aliphatic rings. The van der Waals surface area contributed by atoms with Crippen LogP contribution in [0.4, 0.5) is 11.4 Å². The first-order valence-corrected chi connectivity index (χ1v) is 10.1. The zero-order valence-electron chi connectivity index (χ0n) is 15.5. The number of rotatable bonds is 5. The molecule has 0 aliphatic carbocycles. The van der Waals surface area contributed by atoms with Crippen LogP contribution in [0.15, 0.2) is 47.5 Å². The largest absolute Gasteiger partial charge is 0.493 e. The van der Waals surface area contributed by atoms with E-state index in [0.29, 0.717) is 24.7 Å². The van der Waals surface area contributed by atoms with Crippen LogP contribution in [0.3, 0.4) is 0 Å². The van der Waals surface area contributed by atoms with Gasteiger partial charge in [-0.3, -0.25) is 4.98 Å². The van der Waals surface area contributed by atoms with Crippen LogP contribution in [0, 0.1) is 0 Å². The van der Waals surface area contributed by atoms with E-state index >= 15 is 0 Å². The third-order valence-electron chi connectivity index (χ3n) is 4.72. The van der Waals surface area contributed by atoms with Crippen LogP contribution in [0.1, 0.15) is 5.56 Å². The van der Waals surface area contributed by atoms with Crippen LogP contribution in [-0.2, 0) is 16.6 Å². The summed E-state index contributed by atoms with van der Waals surface area (Å²) in [5.41, 5.74) is 3.50. The molecule has 2 aromatic carbocycles. The third kappa shape index (κ3) is 3.19. The number of anilines is 2. The number of hydrogen-bond acceptors (Lipinski definition) is 7. The van der Waals surface area contributed by atoms with Gasteiger partial charge in [-0.2, -0.15) is 0 Å². The normalized spacial score (nSPS) is 13.3. The summed E-state index contributed by atoms with van der Waals surface area (Å²) < 4.78 is 34.1. The van der Waals surface area contributed by atoms with Crippen molar-refractivity contribution in [3.8, 4) is 11.5 Å². The zero-order chi connectivity index (χ0) is 19.9. The Kier molecular flexibility index (Phi) is 4.48. The molecular formula is C19H20N4O4S. The highest BCUT2D eigenvalue weighted by Crippen LogP contribution is 2.42. The summed E-state index contributed by atoms with van der Waals surface area (Å²) in [6.07, 6.45) is 1.78. The van der Waals surface area contributed by atoms with Crippen LogP contribution < -0.4 is 24.8 Å². The van der Waals surface area contributed by atoms with Crippen LogP contribution in [0.25, 0.3) is 10.9 Å². The maximum atomic E-state index is 11.6. The summed E-state index contributed by atoms with van der Waals surface area (Å²) in [5, 5.41) is 9.50. The number of fused-ring (bicyclic) bond motifs is 3. The molecule has 3 N–H and O–H groups in total. The van der Waals surface area contributed by atoms with Crippen molar-refractivity contribution in [3.63, 3.8) is 0 Å². The van der Waals surface area contributed by atoms with E-state index in [1.54, 1.807) is 32.5 Å². The van der Waals surface area contributed by atoms with Gasteiger partial charge < -0.3 is 19.7 Å². The zero-order valence-corrected chi connectivity index (χ0v) is 16.3. The van der Waals surface area contributed by atoms with Gasteiger partial charge in [0.05, 0.1) is 48.9 Å². The summed E-state index contributed by atoms with van der Waals surface area (Å²) in [6.45, 7) is 1.08. The van der Waals surface area contributed by atoms with E-state index in [4.69, 9.17) is 14.6 Å². The third-order valence-corrected chi connectivity index (χ3v) is 5.63. The van der Waals surface area contributed by atoms with Crippen molar-refractivity contribution in [2.45, 2.75) is 11.4 Å². The maximum Gasteiger partial charge on any atom is 0.238 e. The molecule has 0 unspecified atom stereocenters. The fourth-order valence-corrected chi connectivity index (χ4v) is 3.99. The van der Waals surface area contributed by atoms with Crippen molar-refractivity contribution in [3.05, 3.63) is 48.2 Å². The van der Waals surface area contributed by atoms with Gasteiger partial charge in [-0.25, -0.2) is 13.6 Å². The van der Waals surface area contributed by atoms with Gasteiger partial charge in [0.25, 0.3) is 0 Å². The number of hydrogen-bond donors (Lipinski definition) is 2. The highest BCUT2D eigenvalue weighted by Gasteiger charge is 2.24. The number of primary sulfonamides is 1. The molecule has 0 saturated heterocycles. The molecule has 4 rings (SSSR count). The second kappa shape index (κ2) is 6.84. The number of sulfonamides is 1. The summed E-state index contributed by atoms with van der Waals surface area (Å²) in [7, 11) is -0.566. The van der Waals surface area contributed by atoms with Gasteiger partial charge in [-0.1, -0.05) is 12.1 Å². The number of ether oxygens (including phenoxy) is 2. The SMILES string of the molecule is COc1cc2ncc3c(c2cc1OC)N(Cc1cccc(S(N)(=O)=O)c1)CN3. The summed E-state index contributed by atoms with van der Waals surface area (Å²) in [5.74, 6) is 1.23. The van der Waals surface area contributed by atoms with Crippen LogP contribution >= 0.6 is 0 Å². The number of benzene rings is 2. The molecule has 9 heteroatoms. The molecule has 0 atom stereocenters. The molecule has 0 spiro atoms. The highest BCUT2D eigenvalue weighted by atomic mass is 32.2. The van der Waals surface area contributed by atoms with Crippen molar-refractivity contribution in [1.82, 2.24) is 4.98 Å². The van der Waals surface area contributed by atoms with E-state index in [1.807, 2.05) is 18.2 Å². The van der Waals surface area contributed by atoms with E-state index in [2.05, 4.69) is 15.2 Å². The molecule has 8 nitrogen and oxygen atoms in total. The van der Waals surface area contributed by atoms with Gasteiger partial charge in [0, 0.05) is 18.0 Å². The van der Waals surface area contributed by atoms with Crippen LogP contribution in [0.2, 0.25) is 0 Å². The van der Waals surface area contributed by atoms with Crippen molar-refractivity contribution in [2.24, 2.45) is 5.14 Å². The lowest BCUT2D eigenvalue weighted by molar-refractivity contribution is 0.356. The fourth-order valence-electron chi connectivity index (χ4n) is 3.41. The smallest absolute Gasteiger partial charge is 0.238 e. The Morgan fingerprint density at radius 2 is 1.93 bits per heavy atom. The van der Waals surface area contributed by atoms with Crippen molar-refractivity contribution < 1.29 is 17.9 Å². The number of nitrogens with two attached hydrogens (primary N) is 1. The van der Waals surface area contributed by atoms with Crippen molar-refractivity contribution >= 4 is 32.3 Å². The average molecular weight is 400 g/mol. The minimum Gasteiger partial charge on any atom is -0.493 e. The Balaban J connectivity index is 1.77. The first-order valence-electron chi connectivity index (χ1n) is 8.56. The minimum absolute atomic E-state index is 0.100. The topological polar surface area (TPSA) is 107 Å². The predicted octanol–water partition coefficient (Wildman–Crippen LogP) is 2.29. The monoisotopic (exact) mass is 400 g/mol. The second-order valence-electron chi connectivity index (χ2n) is 6.47. The lowest BCUT2D eigenvalue weighted by atomic mass is 10.1. The van der Waals surface area contributed by atoms with Gasteiger partial charge in [0.15, 0.2) is 11.5 Å². The fraction of sp³-hybridized carbons (Fsp3) is 0.211. The van der Waals surface area contributed by atoms with E-state index in [-0.39, 0.29) is 4.90 Å². The second-order valence-corrected chi connectivity index (χ2v) is 8.03. The summed E-state index contributed by atoms with van der Waals surface area (Å²) >= 11 is 0. The van der Waals surface area contributed by atoms with Gasteiger partial charge in [-0.15, -0.1) is 0 Å². The molecular weight excluding hydrogens is 380 g/mol. The number of aromatic nitrogens is 1. The molecule has 0 saturated carbocycles. The lowest BCUT2D eigenvalue weighted by Crippen LogP contribution is -2.22. The summed E-state index contributed by atoms with van der Waals surface area (Å²) in [4.78, 5) is 6.72. The van der Waals surface area contributed by atoms with Crippen LogP contribution in [0.5, 0.6) is 11.5 Å². The van der Waals surface area contributed by atoms with Gasteiger partial charge >= 0.3 is 0 Å². The first-order chi connectivity index (χ1) is 13.4. The Morgan fingerprint density at radius 1 is 1.18 bits per heavy atom. The molecule has 28 heavy (non-hydrogen) atoms. The average Bonchev–Trinajstić information content (AvgIpc) is 3.09. The quantitative estimate of drug-likeness (QED) is 0.677. The van der Waals surface area contributed by atoms with E-state index in [9.17, 15) is 8.42 Å². The van der Waals surface area contributed by atoms with Crippen molar-refractivity contribution in [2.75, 3.05) is 31.1 Å². The molecule has 3 aromatic rings. The number of pyridine rings is 1. The molecule has 0 amide bonds. The number of nitrogens with zero attached hydrogens (tertiary/aromatic N) is 2. The molecule has 146 valence electrons. The van der Waals surface area contributed by atoms with E-state index in [1.165, 1.54) is 6.07 Å². The predicted molar refractivity (Wildman–Crippen MR) is 107 cm³/mol. The van der Waals surface area contributed by atoms with Crippen LogP contribution in [-0.4, -0.2) is 34.3 Å². The van der Waals surface area contributed by atoms with E-state index < -0.39 is 10.0 Å². The highest BCUT2D eigenvalue weighted by molar-refractivity contribution is 7.89. The molecule has 0 fully saturated rings. The Hall–Kier alpha value is -3.04. The molecule has 0 bridgehead atoms. The number of nitrogens with one attached hydrogen (secondary N) is 1.